The van der Waals surface area contributed by atoms with E-state index in [9.17, 15) is 30.7 Å². The zero-order valence-corrected chi connectivity index (χ0v) is 41.9. The van der Waals surface area contributed by atoms with Crippen LogP contribution in [0.5, 0.6) is 0 Å². The van der Waals surface area contributed by atoms with Crippen molar-refractivity contribution in [1.82, 2.24) is 10.3 Å². The van der Waals surface area contributed by atoms with E-state index in [0.29, 0.717) is 42.9 Å². The van der Waals surface area contributed by atoms with Gasteiger partial charge in [-0.2, -0.15) is 13.0 Å². The molecule has 0 fully saturated rings. The second-order valence-corrected chi connectivity index (χ2v) is 22.9. The van der Waals surface area contributed by atoms with Gasteiger partial charge in [0.25, 0.3) is 10.1 Å². The van der Waals surface area contributed by atoms with E-state index in [1.807, 2.05) is 83.2 Å². The standard InChI is InChI=1S/C53H62ClN5O7S2/c1-6-58-45-23-20-38(67(61,62)63)32-41(45)52(2,3)47(58)16-9-7-10-17-48-53(4,5)42-33-39(68(64,65)66)21-24-46(42)59(48)26-14-8-11-18-49(60)56-25-13-12-15-34-27-35-29-36(28-34)50-44(30-35)57-43-31-37(54)19-22-40(43)51(50)55/h7,9-10,16-17,19-24,27,31-33,35-36H,6,8,11-15,18,25-26,28-30H2,1-5H3,(H4-,55,56,57,60,61,62,63,64,65,66)/t35-,36+/m1/s1. The largest absolute Gasteiger partial charge is 0.744 e. The van der Waals surface area contributed by atoms with Gasteiger partial charge in [0.15, 0.2) is 5.71 Å². The van der Waals surface area contributed by atoms with Gasteiger partial charge in [-0.1, -0.05) is 55.3 Å². The summed E-state index contributed by atoms with van der Waals surface area (Å²) in [6.07, 6.45) is 21.0. The number of benzene rings is 3. The minimum Gasteiger partial charge on any atom is -0.744 e. The summed E-state index contributed by atoms with van der Waals surface area (Å²) >= 11 is 6.25. The quantitative estimate of drug-likeness (QED) is 0.0302. The number of nitrogens with one attached hydrogen (secondary N) is 1. The van der Waals surface area contributed by atoms with Crippen molar-refractivity contribution in [2.75, 3.05) is 30.3 Å². The van der Waals surface area contributed by atoms with E-state index >= 15 is 0 Å². The molecule has 4 aromatic rings. The maximum absolute atomic E-state index is 12.9. The van der Waals surface area contributed by atoms with Gasteiger partial charge in [0, 0.05) is 87.8 Å². The minimum atomic E-state index is -4.61. The molecule has 2 aliphatic heterocycles. The molecule has 15 heteroatoms. The number of nitrogen functional groups attached to an aromatic ring is 1. The van der Waals surface area contributed by atoms with E-state index < -0.39 is 31.1 Å². The molecule has 1 amide bonds. The summed E-state index contributed by atoms with van der Waals surface area (Å²) in [4.78, 5) is 19.6. The number of rotatable bonds is 17. The summed E-state index contributed by atoms with van der Waals surface area (Å²) in [6.45, 7) is 12.0. The third-order valence-corrected chi connectivity index (χ3v) is 16.3. The van der Waals surface area contributed by atoms with Crippen LogP contribution >= 0.6 is 11.6 Å². The summed E-state index contributed by atoms with van der Waals surface area (Å²) in [6, 6.07) is 15.0. The Morgan fingerprint density at radius 2 is 1.71 bits per heavy atom. The first-order chi connectivity index (χ1) is 32.2. The number of hydrogen-bond acceptors (Lipinski definition) is 9. The predicted molar refractivity (Wildman–Crippen MR) is 270 cm³/mol. The predicted octanol–water partition coefficient (Wildman–Crippen LogP) is 10.3. The number of anilines is 2. The Bertz CT molecular complexity index is 3060. The molecule has 4 aliphatic rings. The monoisotopic (exact) mass is 979 g/mol. The van der Waals surface area contributed by atoms with E-state index in [2.05, 4.69) is 20.9 Å². The van der Waals surface area contributed by atoms with E-state index in [-0.39, 0.29) is 15.7 Å². The Morgan fingerprint density at radius 1 is 0.941 bits per heavy atom. The Hall–Kier alpha value is -5.12. The molecule has 1 aromatic heterocycles. The number of likely N-dealkylation sites (N-methyl/N-ethyl adjacent to an activating group) is 1. The van der Waals surface area contributed by atoms with Crippen molar-refractivity contribution >= 4 is 71.4 Å². The molecule has 4 N–H and O–H groups in total. The molecule has 8 rings (SSSR count). The van der Waals surface area contributed by atoms with Gasteiger partial charge < -0.3 is 20.5 Å². The van der Waals surface area contributed by atoms with Crippen LogP contribution in [0.15, 0.2) is 112 Å². The number of nitrogens with zero attached hydrogens (tertiary/aromatic N) is 3. The van der Waals surface area contributed by atoms with Gasteiger partial charge in [-0.3, -0.25) is 14.3 Å². The van der Waals surface area contributed by atoms with E-state index in [1.165, 1.54) is 29.3 Å². The van der Waals surface area contributed by atoms with Crippen molar-refractivity contribution < 1.29 is 35.3 Å². The Kier molecular flexibility index (Phi) is 14.0. The van der Waals surface area contributed by atoms with Crippen LogP contribution in [0.2, 0.25) is 5.02 Å². The van der Waals surface area contributed by atoms with E-state index in [1.54, 1.807) is 18.2 Å². The lowest BCUT2D eigenvalue weighted by Gasteiger charge is -2.36. The Labute approximate surface area is 406 Å². The van der Waals surface area contributed by atoms with Crippen molar-refractivity contribution in [3.63, 3.8) is 0 Å². The molecule has 2 aliphatic carbocycles. The molecule has 68 heavy (non-hydrogen) atoms. The molecule has 12 nitrogen and oxygen atoms in total. The lowest BCUT2D eigenvalue weighted by molar-refractivity contribution is -0.438. The molecule has 0 spiro atoms. The molecule has 360 valence electrons. The van der Waals surface area contributed by atoms with Crippen molar-refractivity contribution in [2.45, 2.75) is 125 Å². The number of fused-ring (bicyclic) bond motifs is 7. The molecule has 2 bridgehead atoms. The number of unbranched alkanes of at least 4 members (excludes halogenated alkanes) is 3. The van der Waals surface area contributed by atoms with Crippen LogP contribution in [-0.2, 0) is 42.3 Å². The fraction of sp³-hybridized carbons (Fsp3) is 0.415. The van der Waals surface area contributed by atoms with Crippen molar-refractivity contribution in [3.8, 4) is 0 Å². The Balaban J connectivity index is 0.846. The third kappa shape index (κ3) is 9.98. The first-order valence-corrected chi connectivity index (χ1v) is 26.9. The zero-order chi connectivity index (χ0) is 48.8. The van der Waals surface area contributed by atoms with E-state index in [4.69, 9.17) is 22.3 Å². The average Bonchev–Trinajstić information content (AvgIpc) is 3.62. The van der Waals surface area contributed by atoms with Crippen LogP contribution in [-0.4, -0.2) is 66.8 Å². The van der Waals surface area contributed by atoms with Crippen molar-refractivity contribution in [3.05, 3.63) is 130 Å². The summed E-state index contributed by atoms with van der Waals surface area (Å²) in [5.41, 5.74) is 16.3. The molecular formula is C53H62ClN5O7S2. The first-order valence-electron chi connectivity index (χ1n) is 23.7. The smallest absolute Gasteiger partial charge is 0.294 e. The summed E-state index contributed by atoms with van der Waals surface area (Å²) in [7, 11) is -9.02. The van der Waals surface area contributed by atoms with Crippen LogP contribution in [0.25, 0.3) is 10.9 Å². The van der Waals surface area contributed by atoms with E-state index in [0.717, 1.165) is 114 Å². The number of nitrogens with two attached hydrogens (primary N) is 1. The van der Waals surface area contributed by atoms with Crippen LogP contribution in [0.1, 0.15) is 121 Å². The molecule has 0 radical (unpaired) electrons. The van der Waals surface area contributed by atoms with Gasteiger partial charge in [0.2, 0.25) is 11.6 Å². The van der Waals surface area contributed by atoms with Gasteiger partial charge in [-0.15, -0.1) is 0 Å². The normalized spacial score (nSPS) is 20.1. The highest BCUT2D eigenvalue weighted by atomic mass is 35.5. The molecular weight excluding hydrogens is 918 g/mol. The van der Waals surface area contributed by atoms with Gasteiger partial charge in [-0.25, -0.2) is 8.42 Å². The molecule has 0 saturated carbocycles. The number of pyridine rings is 1. The topological polar surface area (TPSA) is 186 Å². The van der Waals surface area contributed by atoms with Crippen LogP contribution in [0.3, 0.4) is 0 Å². The van der Waals surface area contributed by atoms with Crippen molar-refractivity contribution in [2.24, 2.45) is 5.92 Å². The zero-order valence-electron chi connectivity index (χ0n) is 39.5. The second kappa shape index (κ2) is 19.3. The molecule has 3 aromatic carbocycles. The maximum Gasteiger partial charge on any atom is 0.294 e. The highest BCUT2D eigenvalue weighted by Gasteiger charge is 2.45. The summed E-state index contributed by atoms with van der Waals surface area (Å²) in [5, 5.41) is 4.76. The molecule has 2 atom stereocenters. The fourth-order valence-corrected chi connectivity index (χ4v) is 12.2. The number of carbonyl (C=O) groups excluding carboxylic acids is 1. The van der Waals surface area contributed by atoms with Crippen LogP contribution in [0, 0.1) is 5.92 Å². The van der Waals surface area contributed by atoms with Gasteiger partial charge >= 0.3 is 0 Å². The number of allylic oxidation sites excluding steroid dienone is 8. The number of aromatic nitrogens is 1. The Morgan fingerprint density at radius 3 is 2.46 bits per heavy atom. The van der Waals surface area contributed by atoms with Crippen molar-refractivity contribution in [1.29, 1.82) is 0 Å². The van der Waals surface area contributed by atoms with Gasteiger partial charge in [-0.05, 0) is 144 Å². The lowest BCUT2D eigenvalue weighted by Crippen LogP contribution is -2.28. The molecule has 3 heterocycles. The van der Waals surface area contributed by atoms with Crippen LogP contribution in [0.4, 0.5) is 17.1 Å². The molecule has 0 saturated heterocycles. The second-order valence-electron chi connectivity index (χ2n) is 19.7. The first kappa shape index (κ1) is 49.3. The molecule has 0 unspecified atom stereocenters. The number of carbonyl (C=O) groups is 1. The number of amides is 1. The summed E-state index contributed by atoms with van der Waals surface area (Å²) in [5.74, 6) is 0.902. The number of hydrogen-bond donors (Lipinski definition) is 3. The summed E-state index contributed by atoms with van der Waals surface area (Å²) < 4.78 is 72.0. The van der Waals surface area contributed by atoms with Crippen LogP contribution < -0.4 is 16.0 Å². The van der Waals surface area contributed by atoms with Gasteiger partial charge in [0.05, 0.1) is 20.7 Å². The lowest BCUT2D eigenvalue weighted by atomic mass is 9.70. The highest BCUT2D eigenvalue weighted by molar-refractivity contribution is 7.86. The SMILES string of the molecule is CCN1/C(=C/C=C/C=C/C2=[N+](CCCCCC(=O)NCCCCC3=C[C@H]4Cc5nc6cc(Cl)ccc6c(N)c5[C@@H](C3)C4)c3ccc(S(=O)(=O)O)cc3C2(C)C)C(C)(C)c2cc(S(=O)(=O)[O-])ccc21. The maximum atomic E-state index is 12.9. The highest BCUT2D eigenvalue weighted by Crippen LogP contribution is 2.49. The third-order valence-electron chi connectivity index (χ3n) is 14.4. The average molecular weight is 981 g/mol. The number of halogens is 1. The fourth-order valence-electron chi connectivity index (χ4n) is 11.1. The van der Waals surface area contributed by atoms with Gasteiger partial charge in [0.1, 0.15) is 16.7 Å². The minimum absolute atomic E-state index is 0.0546.